The maximum atomic E-state index is 12.7. The van der Waals surface area contributed by atoms with Crippen LogP contribution in [-0.2, 0) is 4.79 Å². The van der Waals surface area contributed by atoms with E-state index in [1.165, 1.54) is 0 Å². The second-order valence-electron chi connectivity index (χ2n) is 8.48. The molecule has 1 aromatic rings. The average molecular weight is 326 g/mol. The summed E-state index contributed by atoms with van der Waals surface area (Å²) in [4.78, 5) is 37.4. The number of carbonyl (C=O) groups is 3. The fourth-order valence-electron chi connectivity index (χ4n) is 4.31. The zero-order valence-corrected chi connectivity index (χ0v) is 14.8. The van der Waals surface area contributed by atoms with Crippen molar-refractivity contribution in [3.8, 4) is 0 Å². The summed E-state index contributed by atoms with van der Waals surface area (Å²) in [5.74, 6) is -0.833. The molecule has 24 heavy (non-hydrogen) atoms. The van der Waals surface area contributed by atoms with E-state index < -0.39 is 17.5 Å². The highest BCUT2D eigenvalue weighted by Gasteiger charge is 2.41. The number of hydrogen-bond donors (Lipinski definition) is 0. The van der Waals surface area contributed by atoms with Gasteiger partial charge in [0, 0.05) is 11.1 Å². The highest BCUT2D eigenvalue weighted by molar-refractivity contribution is 6.51. The Morgan fingerprint density at radius 2 is 1.46 bits per heavy atom. The number of fused-ring (bicyclic) bond motifs is 1. The SMILES string of the molecule is CC(C)(C)C1CCC(CC2C(=O)C(=O)c3ccccc3C2=O)CC1. The molecule has 0 N–H and O–H groups in total. The van der Waals surface area contributed by atoms with E-state index in [1.807, 2.05) is 0 Å². The van der Waals surface area contributed by atoms with Gasteiger partial charge in [-0.3, -0.25) is 14.4 Å². The summed E-state index contributed by atoms with van der Waals surface area (Å²) in [6, 6.07) is 6.71. The summed E-state index contributed by atoms with van der Waals surface area (Å²) < 4.78 is 0. The first-order chi connectivity index (χ1) is 11.3. The standard InChI is InChI=1S/C21H26O3/c1-21(2,3)14-10-8-13(9-11-14)12-17-18(22)15-6-4-5-7-16(15)19(23)20(17)24/h4-7,13-14,17H,8-12H2,1-3H3. The van der Waals surface area contributed by atoms with Gasteiger partial charge in [0.05, 0.1) is 5.92 Å². The number of Topliss-reactive ketones (excluding diaryl/α,β-unsaturated/α-hetero) is 3. The van der Waals surface area contributed by atoms with Gasteiger partial charge in [-0.25, -0.2) is 0 Å². The maximum Gasteiger partial charge on any atom is 0.230 e. The van der Waals surface area contributed by atoms with E-state index in [0.717, 1.165) is 25.7 Å². The lowest BCUT2D eigenvalue weighted by atomic mass is 9.67. The van der Waals surface area contributed by atoms with Gasteiger partial charge in [0.15, 0.2) is 5.78 Å². The lowest BCUT2D eigenvalue weighted by Crippen LogP contribution is -2.38. The zero-order chi connectivity index (χ0) is 17.5. The number of carbonyl (C=O) groups excluding carboxylic acids is 3. The summed E-state index contributed by atoms with van der Waals surface area (Å²) in [6.07, 6.45) is 4.93. The van der Waals surface area contributed by atoms with E-state index in [0.29, 0.717) is 29.2 Å². The normalized spacial score (nSPS) is 28.0. The van der Waals surface area contributed by atoms with Crippen molar-refractivity contribution in [3.63, 3.8) is 0 Å². The van der Waals surface area contributed by atoms with Crippen LogP contribution in [0.15, 0.2) is 24.3 Å². The van der Waals surface area contributed by atoms with Gasteiger partial charge >= 0.3 is 0 Å². The van der Waals surface area contributed by atoms with Crippen LogP contribution in [0.4, 0.5) is 0 Å². The molecular formula is C21H26O3. The third kappa shape index (κ3) is 3.09. The van der Waals surface area contributed by atoms with E-state index in [4.69, 9.17) is 0 Å². The van der Waals surface area contributed by atoms with E-state index in [-0.39, 0.29) is 11.3 Å². The van der Waals surface area contributed by atoms with Crippen molar-refractivity contribution in [2.45, 2.75) is 52.9 Å². The fraction of sp³-hybridized carbons (Fsp3) is 0.571. The van der Waals surface area contributed by atoms with Crippen molar-refractivity contribution in [1.29, 1.82) is 0 Å². The molecule has 0 spiro atoms. The molecule has 3 heteroatoms. The molecule has 1 atom stereocenters. The van der Waals surface area contributed by atoms with E-state index in [9.17, 15) is 14.4 Å². The number of benzene rings is 1. The molecule has 2 aliphatic carbocycles. The molecule has 0 aromatic heterocycles. The van der Waals surface area contributed by atoms with Gasteiger partial charge in [-0.1, -0.05) is 57.9 Å². The Morgan fingerprint density at radius 3 is 2.04 bits per heavy atom. The van der Waals surface area contributed by atoms with Crippen LogP contribution in [0, 0.1) is 23.2 Å². The molecule has 0 bridgehead atoms. The number of hydrogen-bond acceptors (Lipinski definition) is 3. The van der Waals surface area contributed by atoms with Gasteiger partial charge in [0.25, 0.3) is 0 Å². The minimum Gasteiger partial charge on any atom is -0.293 e. The molecule has 0 radical (unpaired) electrons. The van der Waals surface area contributed by atoms with E-state index in [1.54, 1.807) is 24.3 Å². The van der Waals surface area contributed by atoms with Gasteiger partial charge in [-0.2, -0.15) is 0 Å². The van der Waals surface area contributed by atoms with Crippen LogP contribution in [0.5, 0.6) is 0 Å². The Kier molecular flexibility index (Phi) is 4.46. The van der Waals surface area contributed by atoms with Crippen LogP contribution < -0.4 is 0 Å². The quantitative estimate of drug-likeness (QED) is 0.594. The summed E-state index contributed by atoms with van der Waals surface area (Å²) >= 11 is 0. The second-order valence-corrected chi connectivity index (χ2v) is 8.48. The molecule has 2 aliphatic rings. The Morgan fingerprint density at radius 1 is 0.875 bits per heavy atom. The molecule has 128 valence electrons. The molecule has 0 amide bonds. The van der Waals surface area contributed by atoms with E-state index in [2.05, 4.69) is 20.8 Å². The fourth-order valence-corrected chi connectivity index (χ4v) is 4.31. The lowest BCUT2D eigenvalue weighted by molar-refractivity contribution is -0.118. The van der Waals surface area contributed by atoms with Crippen molar-refractivity contribution >= 4 is 17.3 Å². The highest BCUT2D eigenvalue weighted by Crippen LogP contribution is 2.42. The van der Waals surface area contributed by atoms with E-state index >= 15 is 0 Å². The predicted molar refractivity (Wildman–Crippen MR) is 93.1 cm³/mol. The van der Waals surface area contributed by atoms with Crippen LogP contribution in [0.3, 0.4) is 0 Å². The summed E-state index contributed by atoms with van der Waals surface area (Å²) in [6.45, 7) is 6.84. The molecule has 3 rings (SSSR count). The van der Waals surface area contributed by atoms with Crippen molar-refractivity contribution in [3.05, 3.63) is 35.4 Å². The summed E-state index contributed by atoms with van der Waals surface area (Å²) in [7, 11) is 0. The highest BCUT2D eigenvalue weighted by atomic mass is 16.2. The van der Waals surface area contributed by atoms with Gasteiger partial charge < -0.3 is 0 Å². The van der Waals surface area contributed by atoms with Crippen LogP contribution in [0.2, 0.25) is 0 Å². The van der Waals surface area contributed by atoms with Crippen LogP contribution >= 0.6 is 0 Å². The Hall–Kier alpha value is -1.77. The first-order valence-electron chi connectivity index (χ1n) is 9.01. The molecule has 1 unspecified atom stereocenters. The van der Waals surface area contributed by atoms with Gasteiger partial charge in [-0.05, 0) is 36.5 Å². The third-order valence-corrected chi connectivity index (χ3v) is 5.93. The average Bonchev–Trinajstić information content (AvgIpc) is 2.56. The monoisotopic (exact) mass is 326 g/mol. The molecule has 0 heterocycles. The maximum absolute atomic E-state index is 12.7. The Labute approximate surface area is 143 Å². The minimum absolute atomic E-state index is 0.159. The lowest BCUT2D eigenvalue weighted by Gasteiger charge is -2.37. The largest absolute Gasteiger partial charge is 0.293 e. The van der Waals surface area contributed by atoms with Crippen molar-refractivity contribution < 1.29 is 14.4 Å². The van der Waals surface area contributed by atoms with Crippen molar-refractivity contribution in [1.82, 2.24) is 0 Å². The molecule has 1 aromatic carbocycles. The van der Waals surface area contributed by atoms with Crippen LogP contribution in [0.1, 0.15) is 73.6 Å². The number of rotatable bonds is 2. The minimum atomic E-state index is -0.761. The Balaban J connectivity index is 1.72. The van der Waals surface area contributed by atoms with Gasteiger partial charge in [-0.15, -0.1) is 0 Å². The van der Waals surface area contributed by atoms with Crippen LogP contribution in [0.25, 0.3) is 0 Å². The topological polar surface area (TPSA) is 51.2 Å². The van der Waals surface area contributed by atoms with Crippen molar-refractivity contribution in [2.75, 3.05) is 0 Å². The van der Waals surface area contributed by atoms with Crippen molar-refractivity contribution in [2.24, 2.45) is 23.2 Å². The molecule has 1 fully saturated rings. The van der Waals surface area contributed by atoms with Gasteiger partial charge in [0.1, 0.15) is 0 Å². The summed E-state index contributed by atoms with van der Waals surface area (Å²) in [5.41, 5.74) is 1.02. The smallest absolute Gasteiger partial charge is 0.230 e. The second kappa shape index (κ2) is 6.27. The molecule has 1 saturated carbocycles. The molecule has 0 saturated heterocycles. The third-order valence-electron chi connectivity index (χ3n) is 5.93. The van der Waals surface area contributed by atoms with Crippen LogP contribution in [-0.4, -0.2) is 17.3 Å². The Bertz CT molecular complexity index is 673. The zero-order valence-electron chi connectivity index (χ0n) is 14.8. The molecule has 3 nitrogen and oxygen atoms in total. The number of ketones is 3. The first-order valence-corrected chi connectivity index (χ1v) is 9.01. The van der Waals surface area contributed by atoms with Gasteiger partial charge in [0.2, 0.25) is 11.6 Å². The first kappa shape index (κ1) is 17.1. The molecular weight excluding hydrogens is 300 g/mol. The molecule has 0 aliphatic heterocycles. The summed E-state index contributed by atoms with van der Waals surface area (Å²) in [5, 5.41) is 0. The predicted octanol–water partition coefficient (Wildman–Crippen LogP) is 4.49.